The number of anilines is 1. The number of carbonyl (C=O) groups is 1. The average molecular weight is 412 g/mol. The van der Waals surface area contributed by atoms with Crippen LogP contribution in [0.25, 0.3) is 0 Å². The van der Waals surface area contributed by atoms with Crippen LogP contribution in [-0.2, 0) is 16.6 Å². The van der Waals surface area contributed by atoms with Crippen LogP contribution in [0.4, 0.5) is 10.1 Å². The van der Waals surface area contributed by atoms with Crippen molar-refractivity contribution >= 4 is 21.6 Å². The minimum absolute atomic E-state index is 0.0882. The molecule has 0 aliphatic rings. The molecule has 0 saturated carbocycles. The molecule has 3 aromatic rings. The highest BCUT2D eigenvalue weighted by atomic mass is 32.2. The van der Waals surface area contributed by atoms with Gasteiger partial charge in [-0.25, -0.2) is 17.5 Å². The second-order valence-corrected chi connectivity index (χ2v) is 8.54. The summed E-state index contributed by atoms with van der Waals surface area (Å²) in [4.78, 5) is 12.3. The van der Waals surface area contributed by atoms with Gasteiger partial charge in [-0.15, -0.1) is 0 Å². The molecule has 0 radical (unpaired) electrons. The lowest BCUT2D eigenvalue weighted by Gasteiger charge is -2.10. The van der Waals surface area contributed by atoms with E-state index < -0.39 is 21.7 Å². The van der Waals surface area contributed by atoms with Crippen molar-refractivity contribution < 1.29 is 17.6 Å². The molecule has 0 atom stereocenters. The molecule has 0 heterocycles. The van der Waals surface area contributed by atoms with Crippen LogP contribution in [0.5, 0.6) is 0 Å². The van der Waals surface area contributed by atoms with Crippen molar-refractivity contribution in [3.8, 4) is 0 Å². The molecule has 5 nitrogen and oxygen atoms in total. The van der Waals surface area contributed by atoms with E-state index in [0.717, 1.165) is 34.9 Å². The molecule has 0 saturated heterocycles. The van der Waals surface area contributed by atoms with Crippen LogP contribution in [0.1, 0.15) is 27.0 Å². The number of sulfonamides is 1. The standard InChI is InChI=1S/C22H21FN2O3S/c1-15-3-7-17(8-4-15)14-24-29(27,28)19-11-12-21(23)20(13-19)22(26)25-18-9-5-16(2)6-10-18/h3-13,24H,14H2,1-2H3,(H,25,26). The van der Waals surface area contributed by atoms with E-state index in [-0.39, 0.29) is 17.0 Å². The van der Waals surface area contributed by atoms with Gasteiger partial charge < -0.3 is 5.32 Å². The SMILES string of the molecule is Cc1ccc(CNS(=O)(=O)c2ccc(F)c(C(=O)Nc3ccc(C)cc3)c2)cc1. The minimum atomic E-state index is -3.92. The lowest BCUT2D eigenvalue weighted by molar-refractivity contribution is 0.102. The zero-order valence-corrected chi connectivity index (χ0v) is 16.9. The summed E-state index contributed by atoms with van der Waals surface area (Å²) in [7, 11) is -3.92. The quantitative estimate of drug-likeness (QED) is 0.638. The average Bonchev–Trinajstić information content (AvgIpc) is 2.69. The molecule has 0 bridgehead atoms. The minimum Gasteiger partial charge on any atom is -0.322 e. The fourth-order valence-corrected chi connectivity index (χ4v) is 3.69. The van der Waals surface area contributed by atoms with Crippen LogP contribution < -0.4 is 10.0 Å². The third-order valence-electron chi connectivity index (χ3n) is 4.39. The maximum absolute atomic E-state index is 14.2. The smallest absolute Gasteiger partial charge is 0.258 e. The van der Waals surface area contributed by atoms with Gasteiger partial charge in [0, 0.05) is 12.2 Å². The molecule has 7 heteroatoms. The summed E-state index contributed by atoms with van der Waals surface area (Å²) in [6.07, 6.45) is 0. The van der Waals surface area contributed by atoms with E-state index in [1.807, 2.05) is 50.2 Å². The van der Waals surface area contributed by atoms with Gasteiger partial charge in [-0.05, 0) is 49.7 Å². The first kappa shape index (κ1) is 20.7. The van der Waals surface area contributed by atoms with Gasteiger partial charge in [0.05, 0.1) is 10.5 Å². The zero-order chi connectivity index (χ0) is 21.0. The molecule has 0 aliphatic heterocycles. The normalized spacial score (nSPS) is 11.3. The number of hydrogen-bond acceptors (Lipinski definition) is 3. The second kappa shape index (κ2) is 8.55. The summed E-state index contributed by atoms with van der Waals surface area (Å²) in [5, 5.41) is 2.57. The largest absolute Gasteiger partial charge is 0.322 e. The topological polar surface area (TPSA) is 75.3 Å². The number of rotatable bonds is 6. The Bertz CT molecular complexity index is 1130. The lowest BCUT2D eigenvalue weighted by atomic mass is 10.2. The summed E-state index contributed by atoms with van der Waals surface area (Å²) in [5.74, 6) is -1.52. The summed E-state index contributed by atoms with van der Waals surface area (Å²) in [6, 6.07) is 17.6. The Labute approximate surface area is 169 Å². The van der Waals surface area contributed by atoms with Crippen molar-refractivity contribution in [2.24, 2.45) is 0 Å². The highest BCUT2D eigenvalue weighted by Crippen LogP contribution is 2.18. The van der Waals surface area contributed by atoms with Gasteiger partial charge in [-0.3, -0.25) is 4.79 Å². The maximum Gasteiger partial charge on any atom is 0.258 e. The van der Waals surface area contributed by atoms with Crippen LogP contribution in [0.15, 0.2) is 71.6 Å². The first-order valence-corrected chi connectivity index (χ1v) is 10.5. The van der Waals surface area contributed by atoms with Gasteiger partial charge in [0.1, 0.15) is 5.82 Å². The highest BCUT2D eigenvalue weighted by Gasteiger charge is 2.19. The van der Waals surface area contributed by atoms with E-state index in [0.29, 0.717) is 5.69 Å². The molecule has 0 unspecified atom stereocenters. The van der Waals surface area contributed by atoms with Gasteiger partial charge in [-0.2, -0.15) is 0 Å². The Hall–Kier alpha value is -3.03. The third-order valence-corrected chi connectivity index (χ3v) is 5.79. The Morgan fingerprint density at radius 1 is 0.897 bits per heavy atom. The van der Waals surface area contributed by atoms with E-state index >= 15 is 0 Å². The molecule has 0 spiro atoms. The van der Waals surface area contributed by atoms with E-state index in [4.69, 9.17) is 0 Å². The van der Waals surface area contributed by atoms with Gasteiger partial charge >= 0.3 is 0 Å². The molecule has 3 aromatic carbocycles. The molecule has 150 valence electrons. The van der Waals surface area contributed by atoms with Crippen LogP contribution in [0, 0.1) is 19.7 Å². The van der Waals surface area contributed by atoms with Crippen molar-refractivity contribution in [3.05, 3.63) is 94.8 Å². The number of hydrogen-bond donors (Lipinski definition) is 2. The summed E-state index contributed by atoms with van der Waals surface area (Å²) >= 11 is 0. The number of nitrogens with one attached hydrogen (secondary N) is 2. The molecule has 0 fully saturated rings. The van der Waals surface area contributed by atoms with E-state index in [1.165, 1.54) is 0 Å². The molecular formula is C22H21FN2O3S. The van der Waals surface area contributed by atoms with Crippen molar-refractivity contribution in [1.29, 1.82) is 0 Å². The lowest BCUT2D eigenvalue weighted by Crippen LogP contribution is -2.24. The first-order valence-electron chi connectivity index (χ1n) is 8.97. The van der Waals surface area contributed by atoms with E-state index in [1.54, 1.807) is 12.1 Å². The Morgan fingerprint density at radius 3 is 2.10 bits per heavy atom. The fraction of sp³-hybridized carbons (Fsp3) is 0.136. The van der Waals surface area contributed by atoms with Crippen molar-refractivity contribution in [2.75, 3.05) is 5.32 Å². The Morgan fingerprint density at radius 2 is 1.48 bits per heavy atom. The summed E-state index contributed by atoms with van der Waals surface area (Å²) in [5.41, 5.74) is 3.02. The Kier molecular flexibility index (Phi) is 6.10. The van der Waals surface area contributed by atoms with Crippen LogP contribution in [0.2, 0.25) is 0 Å². The molecule has 0 aliphatic carbocycles. The second-order valence-electron chi connectivity index (χ2n) is 6.77. The van der Waals surface area contributed by atoms with Crippen LogP contribution >= 0.6 is 0 Å². The number of amides is 1. The van der Waals surface area contributed by atoms with E-state index in [2.05, 4.69) is 10.0 Å². The monoisotopic (exact) mass is 412 g/mol. The summed E-state index contributed by atoms with van der Waals surface area (Å²) < 4.78 is 41.8. The Balaban J connectivity index is 1.78. The molecule has 1 amide bonds. The van der Waals surface area contributed by atoms with Crippen molar-refractivity contribution in [3.63, 3.8) is 0 Å². The van der Waals surface area contributed by atoms with Gasteiger partial charge in [0.25, 0.3) is 5.91 Å². The third kappa shape index (κ3) is 5.28. The number of benzene rings is 3. The predicted molar refractivity (Wildman–Crippen MR) is 111 cm³/mol. The number of aryl methyl sites for hydroxylation is 2. The fourth-order valence-electron chi connectivity index (χ4n) is 2.65. The zero-order valence-electron chi connectivity index (χ0n) is 16.1. The van der Waals surface area contributed by atoms with Gasteiger partial charge in [0.15, 0.2) is 0 Å². The van der Waals surface area contributed by atoms with Crippen LogP contribution in [-0.4, -0.2) is 14.3 Å². The first-order chi connectivity index (χ1) is 13.7. The summed E-state index contributed by atoms with van der Waals surface area (Å²) in [6.45, 7) is 3.93. The molecule has 29 heavy (non-hydrogen) atoms. The van der Waals surface area contributed by atoms with Gasteiger partial charge in [-0.1, -0.05) is 47.5 Å². The van der Waals surface area contributed by atoms with Gasteiger partial charge in [0.2, 0.25) is 10.0 Å². The molecule has 0 aromatic heterocycles. The predicted octanol–water partition coefficient (Wildman–Crippen LogP) is 4.17. The molecule has 3 rings (SSSR count). The number of halogens is 1. The van der Waals surface area contributed by atoms with Crippen LogP contribution in [0.3, 0.4) is 0 Å². The maximum atomic E-state index is 14.2. The highest BCUT2D eigenvalue weighted by molar-refractivity contribution is 7.89. The van der Waals surface area contributed by atoms with Crippen molar-refractivity contribution in [2.45, 2.75) is 25.3 Å². The van der Waals surface area contributed by atoms with E-state index in [9.17, 15) is 17.6 Å². The van der Waals surface area contributed by atoms with Crippen molar-refractivity contribution in [1.82, 2.24) is 4.72 Å². The number of carbonyl (C=O) groups excluding carboxylic acids is 1. The molecular weight excluding hydrogens is 391 g/mol. The molecule has 2 N–H and O–H groups in total.